The van der Waals surface area contributed by atoms with Gasteiger partial charge in [0.15, 0.2) is 80.1 Å². The number of unbranched alkanes of at least 4 members (excludes halogenated alkanes) is 2. The maximum atomic E-state index is 13.7. The van der Waals surface area contributed by atoms with E-state index in [-0.39, 0.29) is 45.9 Å². The number of carbonyl (C=O) groups excluding carboxylic acids is 10. The number of aliphatic hydroxyl groups excluding tert-OH is 1. The normalized spacial score (nSPS) is 29.1. The van der Waals surface area contributed by atoms with Gasteiger partial charge in [0.25, 0.3) is 0 Å². The van der Waals surface area contributed by atoms with Gasteiger partial charge in [0.1, 0.15) is 62.5 Å². The molecule has 0 aliphatic carbocycles. The zero-order valence-corrected chi connectivity index (χ0v) is 58.3. The lowest BCUT2D eigenvalue weighted by molar-refractivity contribution is -0.407. The van der Waals surface area contributed by atoms with Gasteiger partial charge in [-0.3, -0.25) is 47.9 Å². The van der Waals surface area contributed by atoms with Crippen molar-refractivity contribution in [2.24, 2.45) is 0 Å². The van der Waals surface area contributed by atoms with E-state index in [9.17, 15) is 53.1 Å². The molecule has 3 aromatic carbocycles. The summed E-state index contributed by atoms with van der Waals surface area (Å²) in [6, 6.07) is 27.2. The second-order valence-corrected chi connectivity index (χ2v) is 24.1. The van der Waals surface area contributed by atoms with Crippen molar-refractivity contribution >= 4 is 59.7 Å². The van der Waals surface area contributed by atoms with E-state index >= 15 is 0 Å². The average Bonchev–Trinajstić information content (AvgIpc) is 0.758. The summed E-state index contributed by atoms with van der Waals surface area (Å²) in [6.07, 6.45) is -35.2. The lowest BCUT2D eigenvalue weighted by atomic mass is 9.95. The Kier molecular flexibility index (Phi) is 32.4. The molecule has 4 saturated heterocycles. The van der Waals surface area contributed by atoms with Crippen LogP contribution in [0.2, 0.25) is 0 Å². The van der Waals surface area contributed by atoms with Gasteiger partial charge in [-0.15, -0.1) is 0 Å². The Labute approximate surface area is 588 Å². The summed E-state index contributed by atoms with van der Waals surface area (Å²) in [5, 5.41) is 13.0. The van der Waals surface area contributed by atoms with E-state index in [2.05, 4.69) is 0 Å². The third-order valence-corrected chi connectivity index (χ3v) is 15.9. The summed E-state index contributed by atoms with van der Waals surface area (Å²) in [6.45, 7) is 6.41. The topological polar surface area (TPSA) is 385 Å². The number of aliphatic hydroxyl groups is 1. The van der Waals surface area contributed by atoms with Crippen molar-refractivity contribution in [3.8, 4) is 0 Å². The molecule has 7 rings (SSSR count). The zero-order chi connectivity index (χ0) is 74.0. The first-order valence-corrected chi connectivity index (χ1v) is 33.1. The Morgan fingerprint density at radius 3 is 1.06 bits per heavy atom. The number of ether oxygens (including phenoxy) is 21. The second kappa shape index (κ2) is 40.7. The second-order valence-electron chi connectivity index (χ2n) is 24.1. The average molecular weight is 1440 g/mol. The molecule has 4 fully saturated rings. The van der Waals surface area contributed by atoms with E-state index in [4.69, 9.17) is 99.5 Å². The number of rotatable bonds is 35. The fourth-order valence-electron chi connectivity index (χ4n) is 11.6. The third kappa shape index (κ3) is 25.1. The Morgan fingerprint density at radius 2 is 0.676 bits per heavy atom. The lowest BCUT2D eigenvalue weighted by Crippen LogP contribution is -2.69. The molecule has 0 aromatic heterocycles. The van der Waals surface area contributed by atoms with Gasteiger partial charge in [0.2, 0.25) is 0 Å². The van der Waals surface area contributed by atoms with Gasteiger partial charge in [-0.1, -0.05) is 97.4 Å². The largest absolute Gasteiger partial charge is 0.469 e. The molecule has 20 atom stereocenters. The van der Waals surface area contributed by atoms with Crippen molar-refractivity contribution in [2.45, 2.75) is 231 Å². The fourth-order valence-corrected chi connectivity index (χ4v) is 11.6. The van der Waals surface area contributed by atoms with Gasteiger partial charge in [0, 0.05) is 75.3 Å². The van der Waals surface area contributed by atoms with Crippen LogP contribution in [0.25, 0.3) is 0 Å². The van der Waals surface area contributed by atoms with Crippen LogP contribution in [0.15, 0.2) is 91.0 Å². The molecular weight excluding hydrogens is 1350 g/mol. The van der Waals surface area contributed by atoms with Crippen molar-refractivity contribution in [2.75, 3.05) is 40.1 Å². The summed E-state index contributed by atoms with van der Waals surface area (Å²) in [5.41, 5.74) is 2.17. The molecule has 4 aliphatic heterocycles. The summed E-state index contributed by atoms with van der Waals surface area (Å²) >= 11 is 0. The first-order chi connectivity index (χ1) is 48.8. The first-order valence-electron chi connectivity index (χ1n) is 33.1. The van der Waals surface area contributed by atoms with Crippen molar-refractivity contribution in [1.82, 2.24) is 0 Å². The lowest BCUT2D eigenvalue weighted by Gasteiger charge is -2.51. The number of methoxy groups -OCH3 is 1. The third-order valence-electron chi connectivity index (χ3n) is 15.9. The van der Waals surface area contributed by atoms with E-state index in [1.807, 2.05) is 60.7 Å². The van der Waals surface area contributed by atoms with Crippen molar-refractivity contribution in [3.63, 3.8) is 0 Å². The Morgan fingerprint density at radius 1 is 0.343 bits per heavy atom. The quantitative estimate of drug-likeness (QED) is 0.0497. The van der Waals surface area contributed by atoms with Gasteiger partial charge in [-0.2, -0.15) is 0 Å². The molecule has 0 radical (unpaired) electrons. The number of hydrogen-bond acceptors (Lipinski definition) is 32. The molecular formula is C70H90O32. The summed E-state index contributed by atoms with van der Waals surface area (Å²) in [4.78, 5) is 130. The molecule has 32 nitrogen and oxygen atoms in total. The highest BCUT2D eigenvalue weighted by Crippen LogP contribution is 2.41. The van der Waals surface area contributed by atoms with Gasteiger partial charge in [-0.05, 0) is 29.5 Å². The maximum absolute atomic E-state index is 13.7. The number of carbonyl (C=O) groups is 10. The number of hydrogen-bond donors (Lipinski definition) is 1. The van der Waals surface area contributed by atoms with Crippen LogP contribution in [0, 0.1) is 0 Å². The molecule has 0 spiro atoms. The highest BCUT2D eigenvalue weighted by atomic mass is 16.8. The van der Waals surface area contributed by atoms with Crippen LogP contribution >= 0.6 is 0 Å². The van der Waals surface area contributed by atoms with Crippen molar-refractivity contribution < 1.29 is 153 Å². The monoisotopic (exact) mass is 1440 g/mol. The van der Waals surface area contributed by atoms with E-state index in [0.717, 1.165) is 73.4 Å². The van der Waals surface area contributed by atoms with E-state index in [0.29, 0.717) is 18.4 Å². The van der Waals surface area contributed by atoms with Gasteiger partial charge >= 0.3 is 59.7 Å². The highest BCUT2D eigenvalue weighted by Gasteiger charge is 2.61. The number of esters is 10. The van der Waals surface area contributed by atoms with Crippen LogP contribution in [0.5, 0.6) is 0 Å². The van der Waals surface area contributed by atoms with Gasteiger partial charge < -0.3 is 105 Å². The van der Waals surface area contributed by atoms with Crippen molar-refractivity contribution in [1.29, 1.82) is 0 Å². The maximum Gasteiger partial charge on any atom is 0.305 e. The molecule has 1 N–H and O–H groups in total. The highest BCUT2D eigenvalue weighted by molar-refractivity contribution is 5.70. The Bertz CT molecular complexity index is 3190. The minimum Gasteiger partial charge on any atom is -0.469 e. The fraction of sp³-hybridized carbons (Fsp3) is 0.600. The van der Waals surface area contributed by atoms with E-state index in [1.54, 1.807) is 30.3 Å². The van der Waals surface area contributed by atoms with E-state index in [1.165, 1.54) is 7.11 Å². The smallest absolute Gasteiger partial charge is 0.305 e. The molecule has 0 saturated carbocycles. The minimum absolute atomic E-state index is 0.0340. The van der Waals surface area contributed by atoms with Crippen LogP contribution < -0.4 is 0 Å². The molecule has 3 aromatic rings. The molecule has 562 valence electrons. The SMILES string of the molecule is COC(=O)CCCCCO[C@H]1O[C@H](COC(C)=O)[C@@H](OC(C)=O)[C@H](OC(C)=O)[C@H]1O[C@H]1O[C@H](COC(C)=O)[C@@H](OC(C)=O)[C@H](OC(C)=O)[C@H]1O[C@H]1O[C@H](COC(C)=O)[C@@H](OC(C)=O)[C@H](OC(C)=O)[C@H]1O[C@H]1O[C@H](COCc2ccccc2)[C@@H](OCc2ccccc2)[C@H](OCc2ccccc2)[C@H]1O. The minimum atomic E-state index is -2.23. The standard InChI is InChI=1S/C70H90O32/c1-38(71)85-35-51-57(90-41(4)74)61(93-44(7)77)64(68(97-51)84-30-22-14-21-29-54(80)82-10)101-70-66(63(95-46(9)79)59(92-43(6)76)53(99-70)37-87-40(3)73)102-69-65(62(94-45(8)78)58(91-42(5)75)52(98-69)36-86-39(2)72)100-67-55(81)60(89-33-49-27-19-13-20-28-49)56(88-32-48-25-17-12-18-26-48)50(96-67)34-83-31-47-23-15-11-16-24-47/h11-13,15-20,23-28,50-53,55-70,81H,14,21-22,29-37H2,1-10H3/t50-,51-,52-,53-,55-,56-,57-,58-,59-,60-,61+,62+,63+,64-,65-,66-,67-,68+,69-,70-/m1/s1. The molecule has 4 heterocycles. The van der Waals surface area contributed by atoms with Crippen LogP contribution in [0.4, 0.5) is 0 Å². The molecule has 102 heavy (non-hydrogen) atoms. The summed E-state index contributed by atoms with van der Waals surface area (Å²) < 4.78 is 130. The van der Waals surface area contributed by atoms with Crippen LogP contribution in [0.1, 0.15) is 105 Å². The molecule has 0 bridgehead atoms. The van der Waals surface area contributed by atoms with Gasteiger partial charge in [0.05, 0.1) is 33.5 Å². The predicted molar refractivity (Wildman–Crippen MR) is 341 cm³/mol. The zero-order valence-electron chi connectivity index (χ0n) is 58.3. The molecule has 0 unspecified atom stereocenters. The predicted octanol–water partition coefficient (Wildman–Crippen LogP) is 3.82. The first kappa shape index (κ1) is 81.2. The van der Waals surface area contributed by atoms with Gasteiger partial charge in [-0.25, -0.2) is 0 Å². The molecule has 32 heteroatoms. The summed E-state index contributed by atoms with van der Waals surface area (Å²) in [7, 11) is 1.24. The summed E-state index contributed by atoms with van der Waals surface area (Å²) in [5.74, 6) is -9.16. The molecule has 0 amide bonds. The van der Waals surface area contributed by atoms with Crippen molar-refractivity contribution in [3.05, 3.63) is 108 Å². The molecule has 4 aliphatic rings. The van der Waals surface area contributed by atoms with Crippen LogP contribution in [-0.2, 0) is 167 Å². The van der Waals surface area contributed by atoms with Crippen LogP contribution in [0.3, 0.4) is 0 Å². The number of benzene rings is 3. The van der Waals surface area contributed by atoms with Crippen LogP contribution in [-0.4, -0.2) is 228 Å². The van der Waals surface area contributed by atoms with E-state index < -0.39 is 202 Å². The Balaban J connectivity index is 1.42. The Hall–Kier alpha value is -8.12.